The van der Waals surface area contributed by atoms with Crippen molar-refractivity contribution < 1.29 is 0 Å². The first-order valence-corrected chi connectivity index (χ1v) is 3.50. The van der Waals surface area contributed by atoms with Gasteiger partial charge in [0.05, 0.1) is 0 Å². The highest BCUT2D eigenvalue weighted by atomic mass is 14.5. The second-order valence-electron chi connectivity index (χ2n) is 2.69. The Kier molecular flexibility index (Phi) is 1.10. The lowest BCUT2D eigenvalue weighted by molar-refractivity contribution is 1.17. The molecule has 0 bridgehead atoms. The van der Waals surface area contributed by atoms with Gasteiger partial charge in [-0.2, -0.15) is 0 Å². The molecule has 0 spiro atoms. The van der Waals surface area contributed by atoms with Crippen LogP contribution in [0.15, 0.2) is 30.3 Å². The average Bonchev–Trinajstić information content (AvgIpc) is 2.69. The van der Waals surface area contributed by atoms with Crippen LogP contribution in [0.4, 0.5) is 0 Å². The summed E-state index contributed by atoms with van der Waals surface area (Å²) in [6, 6.07) is 10.2. The first-order valence-electron chi connectivity index (χ1n) is 3.50. The number of hydrogen-bond acceptors (Lipinski definition) is 1. The molecule has 50 valence electrons. The smallest absolute Gasteiger partial charge is 0.0269 e. The summed E-state index contributed by atoms with van der Waals surface area (Å²) in [5.74, 6) is 0.459. The van der Waals surface area contributed by atoms with Crippen LogP contribution in [0, 0.1) is 5.41 Å². The van der Waals surface area contributed by atoms with E-state index in [1.807, 2.05) is 18.2 Å². The molecule has 1 aromatic carbocycles. The maximum Gasteiger partial charge on any atom is 0.0269 e. The fourth-order valence-corrected chi connectivity index (χ4v) is 1.17. The third-order valence-electron chi connectivity index (χ3n) is 1.89. The lowest BCUT2D eigenvalue weighted by atomic mass is 10.1. The third kappa shape index (κ3) is 0.838. The van der Waals surface area contributed by atoms with E-state index in [2.05, 4.69) is 12.1 Å². The van der Waals surface area contributed by atoms with Crippen molar-refractivity contribution in [2.24, 2.45) is 0 Å². The summed E-state index contributed by atoms with van der Waals surface area (Å²) in [4.78, 5) is 0. The number of benzene rings is 1. The normalized spacial score (nSPS) is 22.8. The van der Waals surface area contributed by atoms with Gasteiger partial charge in [-0.25, -0.2) is 0 Å². The van der Waals surface area contributed by atoms with Crippen LogP contribution in [-0.4, -0.2) is 5.71 Å². The minimum atomic E-state index is 0.459. The highest BCUT2D eigenvalue weighted by molar-refractivity contribution is 6.03. The molecular weight excluding hydrogens is 122 g/mol. The Balaban J connectivity index is 2.28. The van der Waals surface area contributed by atoms with E-state index in [1.165, 1.54) is 5.56 Å². The molecule has 1 aliphatic carbocycles. The highest BCUT2D eigenvalue weighted by Gasteiger charge is 2.30. The molecule has 0 heterocycles. The van der Waals surface area contributed by atoms with Gasteiger partial charge >= 0.3 is 0 Å². The molecule has 2 rings (SSSR count). The first-order chi connectivity index (χ1) is 4.88. The van der Waals surface area contributed by atoms with Crippen molar-refractivity contribution in [3.63, 3.8) is 0 Å². The van der Waals surface area contributed by atoms with Crippen molar-refractivity contribution in [2.75, 3.05) is 0 Å². The van der Waals surface area contributed by atoms with Gasteiger partial charge in [0.2, 0.25) is 0 Å². The van der Waals surface area contributed by atoms with E-state index < -0.39 is 0 Å². The molecule has 1 saturated carbocycles. The van der Waals surface area contributed by atoms with Crippen molar-refractivity contribution in [3.05, 3.63) is 35.9 Å². The van der Waals surface area contributed by atoms with Crippen molar-refractivity contribution in [1.82, 2.24) is 0 Å². The Hall–Kier alpha value is -1.11. The van der Waals surface area contributed by atoms with Gasteiger partial charge in [-0.15, -0.1) is 0 Å². The molecule has 1 atom stereocenters. The SMILES string of the molecule is N=C1CC1c1ccccc1. The second kappa shape index (κ2) is 1.94. The Morgan fingerprint density at radius 2 is 1.80 bits per heavy atom. The fraction of sp³-hybridized carbons (Fsp3) is 0.222. The molecule has 1 fully saturated rings. The molecule has 1 heteroatoms. The molecule has 0 radical (unpaired) electrons. The summed E-state index contributed by atoms with van der Waals surface area (Å²) in [6.07, 6.45) is 0.976. The maximum atomic E-state index is 7.31. The van der Waals surface area contributed by atoms with Crippen LogP contribution in [0.1, 0.15) is 17.9 Å². The van der Waals surface area contributed by atoms with Crippen LogP contribution in [0.25, 0.3) is 0 Å². The first kappa shape index (κ1) is 5.66. The summed E-state index contributed by atoms with van der Waals surface area (Å²) in [5, 5.41) is 7.31. The predicted molar refractivity (Wildman–Crippen MR) is 41.5 cm³/mol. The van der Waals surface area contributed by atoms with E-state index in [-0.39, 0.29) is 0 Å². The number of hydrogen-bond donors (Lipinski definition) is 1. The molecule has 1 nitrogen and oxygen atoms in total. The molecule has 0 saturated heterocycles. The van der Waals surface area contributed by atoms with E-state index >= 15 is 0 Å². The lowest BCUT2D eigenvalue weighted by Gasteiger charge is -1.91. The Morgan fingerprint density at radius 1 is 1.20 bits per heavy atom. The summed E-state index contributed by atoms with van der Waals surface area (Å²) in [5.41, 5.74) is 2.18. The van der Waals surface area contributed by atoms with Gasteiger partial charge in [-0.1, -0.05) is 30.3 Å². The summed E-state index contributed by atoms with van der Waals surface area (Å²) in [7, 11) is 0. The summed E-state index contributed by atoms with van der Waals surface area (Å²) in [6.45, 7) is 0. The zero-order valence-electron chi connectivity index (χ0n) is 5.67. The molecule has 0 aliphatic heterocycles. The summed E-state index contributed by atoms with van der Waals surface area (Å²) >= 11 is 0. The quantitative estimate of drug-likeness (QED) is 0.604. The molecule has 10 heavy (non-hydrogen) atoms. The van der Waals surface area contributed by atoms with Gasteiger partial charge in [-0.3, -0.25) is 0 Å². The van der Waals surface area contributed by atoms with Crippen LogP contribution in [0.3, 0.4) is 0 Å². The van der Waals surface area contributed by atoms with Crippen molar-refractivity contribution >= 4 is 5.71 Å². The highest BCUT2D eigenvalue weighted by Crippen LogP contribution is 2.35. The van der Waals surface area contributed by atoms with Crippen LogP contribution in [0.5, 0.6) is 0 Å². The molecular formula is C9H9N. The van der Waals surface area contributed by atoms with Crippen molar-refractivity contribution in [3.8, 4) is 0 Å². The Labute approximate surface area is 60.2 Å². The van der Waals surface area contributed by atoms with Gasteiger partial charge < -0.3 is 5.41 Å². The topological polar surface area (TPSA) is 23.9 Å². The van der Waals surface area contributed by atoms with E-state index in [1.54, 1.807) is 0 Å². The lowest BCUT2D eigenvalue weighted by Crippen LogP contribution is -1.77. The minimum absolute atomic E-state index is 0.459. The molecule has 1 aromatic rings. The zero-order valence-corrected chi connectivity index (χ0v) is 5.67. The average molecular weight is 131 g/mol. The number of nitrogens with one attached hydrogen (secondary N) is 1. The van der Waals surface area contributed by atoms with Crippen LogP contribution >= 0.6 is 0 Å². The van der Waals surface area contributed by atoms with Gasteiger partial charge in [0.15, 0.2) is 0 Å². The predicted octanol–water partition coefficient (Wildman–Crippen LogP) is 2.19. The molecule has 1 unspecified atom stereocenters. The van der Waals surface area contributed by atoms with Gasteiger partial charge in [0.25, 0.3) is 0 Å². The fourth-order valence-electron chi connectivity index (χ4n) is 1.17. The molecule has 0 amide bonds. The van der Waals surface area contributed by atoms with Crippen molar-refractivity contribution in [2.45, 2.75) is 12.3 Å². The van der Waals surface area contributed by atoms with Crippen LogP contribution < -0.4 is 0 Å². The molecule has 1 aliphatic rings. The van der Waals surface area contributed by atoms with E-state index in [0.29, 0.717) is 5.92 Å². The van der Waals surface area contributed by atoms with E-state index in [9.17, 15) is 0 Å². The van der Waals surface area contributed by atoms with E-state index in [4.69, 9.17) is 5.41 Å². The Bertz CT molecular complexity index is 251. The Morgan fingerprint density at radius 3 is 2.30 bits per heavy atom. The van der Waals surface area contributed by atoms with Crippen LogP contribution in [-0.2, 0) is 0 Å². The largest absolute Gasteiger partial charge is 0.309 e. The van der Waals surface area contributed by atoms with E-state index in [0.717, 1.165) is 12.1 Å². The van der Waals surface area contributed by atoms with Gasteiger partial charge in [0.1, 0.15) is 0 Å². The van der Waals surface area contributed by atoms with Gasteiger partial charge in [0, 0.05) is 11.6 Å². The molecule has 0 aromatic heterocycles. The van der Waals surface area contributed by atoms with Crippen molar-refractivity contribution in [1.29, 1.82) is 5.41 Å². The minimum Gasteiger partial charge on any atom is -0.309 e. The summed E-state index contributed by atoms with van der Waals surface area (Å²) < 4.78 is 0. The second-order valence-corrected chi connectivity index (χ2v) is 2.69. The number of rotatable bonds is 1. The zero-order chi connectivity index (χ0) is 6.97. The van der Waals surface area contributed by atoms with Crippen LogP contribution in [0.2, 0.25) is 0 Å². The monoisotopic (exact) mass is 131 g/mol. The van der Waals surface area contributed by atoms with Gasteiger partial charge in [-0.05, 0) is 12.0 Å². The standard InChI is InChI=1S/C9H9N/c10-9-6-8(9)7-4-2-1-3-5-7/h1-5,8,10H,6H2. The third-order valence-corrected chi connectivity index (χ3v) is 1.89. The maximum absolute atomic E-state index is 7.31. The molecule has 1 N–H and O–H groups in total.